The Bertz CT molecular complexity index is 1330. The summed E-state index contributed by atoms with van der Waals surface area (Å²) in [6.45, 7) is 0.581. The summed E-state index contributed by atoms with van der Waals surface area (Å²) in [6.07, 6.45) is 5.81. The zero-order valence-electron chi connectivity index (χ0n) is 21.5. The van der Waals surface area contributed by atoms with Gasteiger partial charge in [0.1, 0.15) is 12.6 Å². The topological polar surface area (TPSA) is 81.7 Å². The van der Waals surface area contributed by atoms with E-state index in [2.05, 4.69) is 5.32 Å². The predicted molar refractivity (Wildman–Crippen MR) is 145 cm³/mol. The number of alkyl halides is 1. The lowest BCUT2D eigenvalue weighted by Crippen LogP contribution is -2.39. The Morgan fingerprint density at radius 3 is 2.08 bits per heavy atom. The van der Waals surface area contributed by atoms with Crippen molar-refractivity contribution in [3.8, 4) is 11.5 Å². The lowest BCUT2D eigenvalue weighted by atomic mass is 9.84. The minimum absolute atomic E-state index is 0.372. The average molecular weight is 516 g/mol. The van der Waals surface area contributed by atoms with Gasteiger partial charge in [-0.15, -0.1) is 0 Å². The summed E-state index contributed by atoms with van der Waals surface area (Å²) in [6, 6.07) is 19.8. The van der Waals surface area contributed by atoms with Crippen molar-refractivity contribution in [3.63, 3.8) is 0 Å². The summed E-state index contributed by atoms with van der Waals surface area (Å²) in [7, 11) is 3.03. The van der Waals surface area contributed by atoms with Crippen molar-refractivity contribution in [2.75, 3.05) is 14.2 Å². The number of allylic oxidation sites excluding steroid dienone is 2. The zero-order valence-corrected chi connectivity index (χ0v) is 21.5. The smallest absolute Gasteiger partial charge is 0.217 e. The second-order valence-corrected chi connectivity index (χ2v) is 8.53. The first kappa shape index (κ1) is 28.1. The van der Waals surface area contributed by atoms with Crippen LogP contribution in [0, 0.1) is 5.92 Å². The number of benzene rings is 3. The van der Waals surface area contributed by atoms with Crippen molar-refractivity contribution in [3.05, 3.63) is 107 Å². The van der Waals surface area contributed by atoms with Gasteiger partial charge in [-0.3, -0.25) is 14.4 Å². The van der Waals surface area contributed by atoms with Gasteiger partial charge in [0.15, 0.2) is 23.1 Å². The van der Waals surface area contributed by atoms with Gasteiger partial charge in [0, 0.05) is 6.92 Å². The number of amides is 1. The molecular formula is C31H30FNO5. The Kier molecular flexibility index (Phi) is 10.1. The molecule has 0 saturated carbocycles. The molecule has 0 bridgehead atoms. The SMILES string of the molecule is COc1ccc(/C=C/C(=O)C(C(=O)/C=C/c2ccccc2)C(NC(C)=O)c2cccc(CF)c2)cc1OC. The number of carbonyl (C=O) groups excluding carboxylic acids is 3. The van der Waals surface area contributed by atoms with Crippen LogP contribution < -0.4 is 14.8 Å². The maximum atomic E-state index is 13.6. The third-order valence-corrected chi connectivity index (χ3v) is 5.86. The normalized spacial score (nSPS) is 12.7. The van der Waals surface area contributed by atoms with E-state index < -0.39 is 36.1 Å². The molecule has 3 rings (SSSR count). The molecule has 0 aliphatic heterocycles. The maximum Gasteiger partial charge on any atom is 0.217 e. The van der Waals surface area contributed by atoms with Gasteiger partial charge in [0.05, 0.1) is 20.3 Å². The molecule has 196 valence electrons. The van der Waals surface area contributed by atoms with Crippen molar-refractivity contribution < 1.29 is 28.2 Å². The van der Waals surface area contributed by atoms with Gasteiger partial charge in [-0.05, 0) is 46.5 Å². The first-order chi connectivity index (χ1) is 18.4. The van der Waals surface area contributed by atoms with E-state index in [1.165, 1.54) is 33.3 Å². The molecule has 38 heavy (non-hydrogen) atoms. The first-order valence-corrected chi connectivity index (χ1v) is 12.0. The molecule has 1 N–H and O–H groups in total. The van der Waals surface area contributed by atoms with Gasteiger partial charge in [-0.2, -0.15) is 0 Å². The Morgan fingerprint density at radius 1 is 0.816 bits per heavy atom. The number of halogens is 1. The van der Waals surface area contributed by atoms with Crippen LogP contribution in [0.4, 0.5) is 4.39 Å². The molecule has 0 saturated heterocycles. The minimum atomic E-state index is -1.29. The first-order valence-electron chi connectivity index (χ1n) is 12.0. The summed E-state index contributed by atoms with van der Waals surface area (Å²) < 4.78 is 24.0. The van der Waals surface area contributed by atoms with E-state index in [1.807, 2.05) is 30.3 Å². The van der Waals surface area contributed by atoms with Crippen LogP contribution in [0.15, 0.2) is 84.9 Å². The van der Waals surface area contributed by atoms with Crippen molar-refractivity contribution >= 4 is 29.6 Å². The van der Waals surface area contributed by atoms with Gasteiger partial charge in [-0.1, -0.05) is 72.8 Å². The molecule has 2 unspecified atom stereocenters. The van der Waals surface area contributed by atoms with E-state index in [1.54, 1.807) is 54.6 Å². The summed E-state index contributed by atoms with van der Waals surface area (Å²) in [4.78, 5) is 39.2. The highest BCUT2D eigenvalue weighted by molar-refractivity contribution is 6.14. The van der Waals surface area contributed by atoms with Gasteiger partial charge < -0.3 is 14.8 Å². The van der Waals surface area contributed by atoms with E-state index in [0.717, 1.165) is 5.56 Å². The monoisotopic (exact) mass is 515 g/mol. The number of ketones is 2. The van der Waals surface area contributed by atoms with Crippen LogP contribution in [0.2, 0.25) is 0 Å². The molecule has 6 nitrogen and oxygen atoms in total. The molecule has 0 fully saturated rings. The summed E-state index contributed by atoms with van der Waals surface area (Å²) >= 11 is 0. The quantitative estimate of drug-likeness (QED) is 0.253. The van der Waals surface area contributed by atoms with E-state index in [9.17, 15) is 18.8 Å². The summed E-state index contributed by atoms with van der Waals surface area (Å²) in [5.74, 6) is -1.72. The van der Waals surface area contributed by atoms with Crippen molar-refractivity contribution in [1.82, 2.24) is 5.32 Å². The Balaban J connectivity index is 2.02. The van der Waals surface area contributed by atoms with Gasteiger partial charge in [0.25, 0.3) is 0 Å². The van der Waals surface area contributed by atoms with Crippen LogP contribution in [0.1, 0.15) is 35.2 Å². The third kappa shape index (κ3) is 7.49. The van der Waals surface area contributed by atoms with Crippen molar-refractivity contribution in [2.24, 2.45) is 5.92 Å². The third-order valence-electron chi connectivity index (χ3n) is 5.86. The lowest BCUT2D eigenvalue weighted by molar-refractivity contribution is -0.129. The molecule has 7 heteroatoms. The van der Waals surface area contributed by atoms with E-state index in [4.69, 9.17) is 9.47 Å². The van der Waals surface area contributed by atoms with Crippen LogP contribution in [0.5, 0.6) is 11.5 Å². The maximum absolute atomic E-state index is 13.6. The van der Waals surface area contributed by atoms with Crippen molar-refractivity contribution in [1.29, 1.82) is 0 Å². The number of hydrogen-bond donors (Lipinski definition) is 1. The Labute approximate surface area is 221 Å². The highest BCUT2D eigenvalue weighted by Gasteiger charge is 2.34. The summed E-state index contributed by atoms with van der Waals surface area (Å²) in [5.41, 5.74) is 2.26. The molecule has 0 radical (unpaired) electrons. The van der Waals surface area contributed by atoms with Crippen LogP contribution in [0.3, 0.4) is 0 Å². The molecule has 2 atom stereocenters. The summed E-state index contributed by atoms with van der Waals surface area (Å²) in [5, 5.41) is 2.73. The number of methoxy groups -OCH3 is 2. The Hall–Kier alpha value is -4.52. The molecule has 0 aliphatic rings. The molecule has 3 aromatic carbocycles. The molecule has 0 aromatic heterocycles. The number of hydrogen-bond acceptors (Lipinski definition) is 5. The zero-order chi connectivity index (χ0) is 27.5. The minimum Gasteiger partial charge on any atom is -0.493 e. The van der Waals surface area contributed by atoms with Crippen LogP contribution >= 0.6 is 0 Å². The fourth-order valence-corrected chi connectivity index (χ4v) is 4.00. The fourth-order valence-electron chi connectivity index (χ4n) is 4.00. The predicted octanol–water partition coefficient (Wildman–Crippen LogP) is 5.53. The van der Waals surface area contributed by atoms with E-state index >= 15 is 0 Å². The lowest BCUT2D eigenvalue weighted by Gasteiger charge is -2.25. The van der Waals surface area contributed by atoms with Crippen LogP contribution in [0.25, 0.3) is 12.2 Å². The van der Waals surface area contributed by atoms with Gasteiger partial charge in [0.2, 0.25) is 5.91 Å². The number of carbonyl (C=O) groups is 3. The Morgan fingerprint density at radius 2 is 1.47 bits per heavy atom. The average Bonchev–Trinajstić information content (AvgIpc) is 2.94. The number of rotatable bonds is 12. The molecule has 1 amide bonds. The molecule has 0 heterocycles. The van der Waals surface area contributed by atoms with E-state index in [0.29, 0.717) is 28.2 Å². The second-order valence-electron chi connectivity index (χ2n) is 8.53. The molecule has 0 aliphatic carbocycles. The van der Waals surface area contributed by atoms with Crippen LogP contribution in [-0.2, 0) is 21.1 Å². The van der Waals surface area contributed by atoms with Gasteiger partial charge in [-0.25, -0.2) is 4.39 Å². The standard InChI is InChI=1S/C31H30FNO5/c1-21(34)33-31(25-11-7-10-24(18-25)20-32)30(26(35)15-12-22-8-5-4-6-9-22)27(36)16-13-23-14-17-28(37-2)29(19-23)38-3/h4-19,30-31H,20H2,1-3H3,(H,33,34)/b15-12+,16-13+. The van der Waals surface area contributed by atoms with Gasteiger partial charge >= 0.3 is 0 Å². The molecular weight excluding hydrogens is 485 g/mol. The largest absolute Gasteiger partial charge is 0.493 e. The van der Waals surface area contributed by atoms with Crippen molar-refractivity contribution in [2.45, 2.75) is 19.6 Å². The highest BCUT2D eigenvalue weighted by Crippen LogP contribution is 2.29. The number of ether oxygens (including phenoxy) is 2. The molecule has 3 aromatic rings. The van der Waals surface area contributed by atoms with Crippen LogP contribution in [-0.4, -0.2) is 31.7 Å². The molecule has 0 spiro atoms. The fraction of sp³-hybridized carbons (Fsp3) is 0.194. The van der Waals surface area contributed by atoms with E-state index in [-0.39, 0.29) is 0 Å². The highest BCUT2D eigenvalue weighted by atomic mass is 19.1. The second kappa shape index (κ2) is 13.7. The number of nitrogens with one attached hydrogen (secondary N) is 1.